The number of nitrogens with zero attached hydrogens (tertiary/aromatic N) is 2. The highest BCUT2D eigenvalue weighted by molar-refractivity contribution is 5.86. The number of hydrogen-bond acceptors (Lipinski definition) is 5. The quantitative estimate of drug-likeness (QED) is 0.383. The lowest BCUT2D eigenvalue weighted by atomic mass is 10.2. The molecule has 0 saturated carbocycles. The largest absolute Gasteiger partial charge is 0.504 e. The van der Waals surface area contributed by atoms with Gasteiger partial charge in [-0.25, -0.2) is 0 Å². The molecule has 2 N–H and O–H groups in total. The number of aromatic hydroxyl groups is 2. The minimum atomic E-state index is -0.509. The number of benzene rings is 2. The molecule has 2 aromatic rings. The highest BCUT2D eigenvalue weighted by atomic mass is 16.6. The molecule has 0 spiro atoms. The van der Waals surface area contributed by atoms with Crippen LogP contribution in [0, 0.1) is 10.1 Å². The predicted molar refractivity (Wildman–Crippen MR) is 70.1 cm³/mol. The average Bonchev–Trinajstić information content (AvgIpc) is 2.41. The molecule has 0 fully saturated rings. The number of nitro benzene ring substituents is 1. The topological polar surface area (TPSA) is 96.0 Å². The van der Waals surface area contributed by atoms with Gasteiger partial charge in [0.05, 0.1) is 10.6 Å². The Kier molecular flexibility index (Phi) is 3.42. The number of hydrogen-bond donors (Lipinski definition) is 2. The Balaban J connectivity index is 2.30. The van der Waals surface area contributed by atoms with E-state index in [0.29, 0.717) is 11.3 Å². The van der Waals surface area contributed by atoms with E-state index in [-0.39, 0.29) is 17.2 Å². The summed E-state index contributed by atoms with van der Waals surface area (Å²) in [5.74, 6) is -0.528. The average molecular weight is 258 g/mol. The van der Waals surface area contributed by atoms with E-state index < -0.39 is 4.92 Å². The molecule has 0 bridgehead atoms. The van der Waals surface area contributed by atoms with Crippen molar-refractivity contribution in [2.75, 3.05) is 0 Å². The van der Waals surface area contributed by atoms with Gasteiger partial charge < -0.3 is 10.2 Å². The highest BCUT2D eigenvalue weighted by Gasteiger charge is 2.05. The molecule has 0 amide bonds. The SMILES string of the molecule is O=[N+]([O-])c1cccc(N=Cc2cccc(O)c2O)c1. The lowest BCUT2D eigenvalue weighted by Gasteiger charge is -2.00. The van der Waals surface area contributed by atoms with Crippen LogP contribution in [0.2, 0.25) is 0 Å². The van der Waals surface area contributed by atoms with Crippen molar-refractivity contribution in [2.45, 2.75) is 0 Å². The summed E-state index contributed by atoms with van der Waals surface area (Å²) < 4.78 is 0. The first-order valence-electron chi connectivity index (χ1n) is 5.37. The zero-order valence-electron chi connectivity index (χ0n) is 9.72. The maximum atomic E-state index is 10.6. The fourth-order valence-corrected chi connectivity index (χ4v) is 1.48. The van der Waals surface area contributed by atoms with E-state index in [2.05, 4.69) is 4.99 Å². The van der Waals surface area contributed by atoms with E-state index in [0.717, 1.165) is 0 Å². The van der Waals surface area contributed by atoms with Gasteiger partial charge in [-0.3, -0.25) is 15.1 Å². The minimum absolute atomic E-state index is 0.0604. The second kappa shape index (κ2) is 5.18. The molecule has 0 aromatic heterocycles. The fraction of sp³-hybridized carbons (Fsp3) is 0. The standard InChI is InChI=1S/C13H10N2O4/c16-12-6-1-3-9(13(12)17)8-14-10-4-2-5-11(7-10)15(18)19/h1-8,16-17H. The fourth-order valence-electron chi connectivity index (χ4n) is 1.48. The van der Waals surface area contributed by atoms with E-state index >= 15 is 0 Å². The molecule has 2 rings (SSSR count). The summed E-state index contributed by atoms with van der Waals surface area (Å²) >= 11 is 0. The zero-order valence-corrected chi connectivity index (χ0v) is 9.72. The van der Waals surface area contributed by atoms with Crippen molar-refractivity contribution in [3.8, 4) is 11.5 Å². The molecule has 0 aliphatic carbocycles. The summed E-state index contributed by atoms with van der Waals surface area (Å²) in [6.45, 7) is 0. The van der Waals surface area contributed by atoms with E-state index in [1.54, 1.807) is 18.2 Å². The molecule has 0 heterocycles. The molecular weight excluding hydrogens is 248 g/mol. The van der Waals surface area contributed by atoms with Gasteiger partial charge in [-0.15, -0.1) is 0 Å². The molecule has 6 nitrogen and oxygen atoms in total. The Morgan fingerprint density at radius 1 is 1.16 bits per heavy atom. The van der Waals surface area contributed by atoms with Gasteiger partial charge in [0.2, 0.25) is 0 Å². The maximum Gasteiger partial charge on any atom is 0.271 e. The van der Waals surface area contributed by atoms with Crippen molar-refractivity contribution in [3.63, 3.8) is 0 Å². The number of para-hydroxylation sites is 1. The van der Waals surface area contributed by atoms with Crippen LogP contribution in [-0.2, 0) is 0 Å². The smallest absolute Gasteiger partial charge is 0.271 e. The zero-order chi connectivity index (χ0) is 13.8. The Bertz CT molecular complexity index is 653. The van der Waals surface area contributed by atoms with Gasteiger partial charge in [-0.2, -0.15) is 0 Å². The number of phenols is 2. The van der Waals surface area contributed by atoms with Crippen LogP contribution in [-0.4, -0.2) is 21.4 Å². The van der Waals surface area contributed by atoms with E-state index in [1.807, 2.05) is 0 Å². The third kappa shape index (κ3) is 2.86. The molecule has 0 radical (unpaired) electrons. The summed E-state index contributed by atoms with van der Waals surface area (Å²) in [5.41, 5.74) is 0.651. The molecule has 0 unspecified atom stereocenters. The Morgan fingerprint density at radius 3 is 2.63 bits per heavy atom. The van der Waals surface area contributed by atoms with Gasteiger partial charge in [0.1, 0.15) is 0 Å². The summed E-state index contributed by atoms with van der Waals surface area (Å²) in [7, 11) is 0. The lowest BCUT2D eigenvalue weighted by Crippen LogP contribution is -1.86. The van der Waals surface area contributed by atoms with Gasteiger partial charge in [0.25, 0.3) is 5.69 Å². The van der Waals surface area contributed by atoms with Crippen molar-refractivity contribution in [1.29, 1.82) is 0 Å². The highest BCUT2D eigenvalue weighted by Crippen LogP contribution is 2.27. The molecule has 6 heteroatoms. The van der Waals surface area contributed by atoms with E-state index in [9.17, 15) is 20.3 Å². The molecule has 0 atom stereocenters. The first-order chi connectivity index (χ1) is 9.08. The van der Waals surface area contributed by atoms with Crippen LogP contribution >= 0.6 is 0 Å². The minimum Gasteiger partial charge on any atom is -0.504 e. The summed E-state index contributed by atoms with van der Waals surface area (Å²) in [6, 6.07) is 10.3. The van der Waals surface area contributed by atoms with E-state index in [1.165, 1.54) is 30.5 Å². The van der Waals surface area contributed by atoms with Crippen molar-refractivity contribution in [2.24, 2.45) is 4.99 Å². The van der Waals surface area contributed by atoms with Gasteiger partial charge in [-0.1, -0.05) is 12.1 Å². The van der Waals surface area contributed by atoms with Gasteiger partial charge in [0.15, 0.2) is 11.5 Å². The van der Waals surface area contributed by atoms with Crippen molar-refractivity contribution >= 4 is 17.6 Å². The third-order valence-corrected chi connectivity index (χ3v) is 2.44. The molecule has 96 valence electrons. The molecule has 0 aliphatic rings. The third-order valence-electron chi connectivity index (χ3n) is 2.44. The molecule has 0 saturated heterocycles. The van der Waals surface area contributed by atoms with Gasteiger partial charge in [0, 0.05) is 23.9 Å². The Labute approximate surface area is 108 Å². The Hall–Kier alpha value is -2.89. The second-order valence-corrected chi connectivity index (χ2v) is 3.75. The first kappa shape index (κ1) is 12.6. The van der Waals surface area contributed by atoms with Crippen molar-refractivity contribution in [1.82, 2.24) is 0 Å². The lowest BCUT2D eigenvalue weighted by molar-refractivity contribution is -0.384. The van der Waals surface area contributed by atoms with E-state index in [4.69, 9.17) is 0 Å². The molecular formula is C13H10N2O4. The number of phenolic OH excluding ortho intramolecular Hbond substituents is 2. The number of aliphatic imine (C=N–C) groups is 1. The maximum absolute atomic E-state index is 10.6. The van der Waals surface area contributed by atoms with Crippen molar-refractivity contribution in [3.05, 3.63) is 58.1 Å². The van der Waals surface area contributed by atoms with Crippen LogP contribution in [0.25, 0.3) is 0 Å². The summed E-state index contributed by atoms with van der Waals surface area (Å²) in [4.78, 5) is 14.1. The summed E-state index contributed by atoms with van der Waals surface area (Å²) in [6.07, 6.45) is 1.33. The van der Waals surface area contributed by atoms with Crippen LogP contribution in [0.15, 0.2) is 47.5 Å². The second-order valence-electron chi connectivity index (χ2n) is 3.75. The van der Waals surface area contributed by atoms with Crippen LogP contribution in [0.3, 0.4) is 0 Å². The molecule has 2 aromatic carbocycles. The molecule has 19 heavy (non-hydrogen) atoms. The number of non-ortho nitro benzene ring substituents is 1. The number of nitro groups is 1. The number of rotatable bonds is 3. The van der Waals surface area contributed by atoms with Gasteiger partial charge >= 0.3 is 0 Å². The van der Waals surface area contributed by atoms with Crippen LogP contribution in [0.1, 0.15) is 5.56 Å². The van der Waals surface area contributed by atoms with Crippen LogP contribution in [0.4, 0.5) is 11.4 Å². The first-order valence-corrected chi connectivity index (χ1v) is 5.37. The monoisotopic (exact) mass is 258 g/mol. The van der Waals surface area contributed by atoms with Gasteiger partial charge in [-0.05, 0) is 18.2 Å². The van der Waals surface area contributed by atoms with Crippen molar-refractivity contribution < 1.29 is 15.1 Å². The predicted octanol–water partition coefficient (Wildman–Crippen LogP) is 2.76. The Morgan fingerprint density at radius 2 is 1.89 bits per heavy atom. The van der Waals surface area contributed by atoms with Crippen LogP contribution < -0.4 is 0 Å². The van der Waals surface area contributed by atoms with Crippen LogP contribution in [0.5, 0.6) is 11.5 Å². The molecule has 0 aliphatic heterocycles. The summed E-state index contributed by atoms with van der Waals surface area (Å²) in [5, 5.41) is 29.5. The normalized spacial score (nSPS) is 10.7.